The quantitative estimate of drug-likeness (QED) is 0.171. The highest BCUT2D eigenvalue weighted by molar-refractivity contribution is 6.34. The number of nitrogens with zero attached hydrogens (tertiary/aromatic N) is 1. The van der Waals surface area contributed by atoms with Crippen molar-refractivity contribution in [1.82, 2.24) is 5.32 Å². The molecular weight excluding hydrogens is 584 g/mol. The second kappa shape index (κ2) is 14.4. The summed E-state index contributed by atoms with van der Waals surface area (Å²) in [5, 5.41) is 34.2. The summed E-state index contributed by atoms with van der Waals surface area (Å²) in [5.41, 5.74) is 1.80. The third kappa shape index (κ3) is 7.19. The molecule has 0 amide bonds. The number of nitriles is 1. The van der Waals surface area contributed by atoms with Gasteiger partial charge < -0.3 is 29.2 Å². The van der Waals surface area contributed by atoms with Gasteiger partial charge in [-0.15, -0.1) is 0 Å². The van der Waals surface area contributed by atoms with Crippen LogP contribution in [0.2, 0.25) is 5.02 Å². The Morgan fingerprint density at radius 2 is 1.70 bits per heavy atom. The standard InChI is InChI=1S/C34H31ClN2O7/c35-32-27(10-5-11-28(32)26-12-13-29-30(17-26)43-15-14-42-29)21-41-22-31(38)34(33(39)40,37-19-23-6-2-1-3-7-23)44-20-25-9-4-8-24(16-25)18-36/h1-13,16-17,31,37-38H,14-15,19-22H2,(H,39,40). The summed E-state index contributed by atoms with van der Waals surface area (Å²) in [6.45, 7) is 0.518. The maximum atomic E-state index is 12.7. The van der Waals surface area contributed by atoms with Gasteiger partial charge in [0.15, 0.2) is 11.5 Å². The maximum absolute atomic E-state index is 12.7. The lowest BCUT2D eigenvalue weighted by Gasteiger charge is -2.35. The van der Waals surface area contributed by atoms with Crippen molar-refractivity contribution < 1.29 is 34.0 Å². The predicted octanol–water partition coefficient (Wildman–Crippen LogP) is 5.31. The first-order chi connectivity index (χ1) is 21.4. The van der Waals surface area contributed by atoms with Crippen molar-refractivity contribution in [3.05, 3.63) is 118 Å². The lowest BCUT2D eigenvalue weighted by molar-refractivity contribution is -0.202. The van der Waals surface area contributed by atoms with Gasteiger partial charge in [0.2, 0.25) is 5.72 Å². The zero-order valence-corrected chi connectivity index (χ0v) is 24.5. The molecule has 0 aromatic heterocycles. The molecule has 0 saturated carbocycles. The van der Waals surface area contributed by atoms with Crippen LogP contribution in [0.4, 0.5) is 0 Å². The topological polar surface area (TPSA) is 130 Å². The van der Waals surface area contributed by atoms with Gasteiger partial charge in [-0.25, -0.2) is 4.79 Å². The summed E-state index contributed by atoms with van der Waals surface area (Å²) >= 11 is 6.77. The molecule has 0 bridgehead atoms. The molecule has 1 heterocycles. The summed E-state index contributed by atoms with van der Waals surface area (Å²) < 4.78 is 23.1. The number of aliphatic hydroxyl groups excluding tert-OH is 1. The molecule has 0 spiro atoms. The average Bonchev–Trinajstić information content (AvgIpc) is 3.06. The van der Waals surface area contributed by atoms with E-state index in [1.54, 1.807) is 30.3 Å². The van der Waals surface area contributed by atoms with Crippen LogP contribution in [0.15, 0.2) is 91.0 Å². The molecule has 2 atom stereocenters. The van der Waals surface area contributed by atoms with Gasteiger partial charge in [-0.2, -0.15) is 5.26 Å². The Hall–Kier alpha value is -4.43. The Bertz CT molecular complexity index is 1640. The van der Waals surface area contributed by atoms with E-state index in [-0.39, 0.29) is 26.4 Å². The second-order valence-electron chi connectivity index (χ2n) is 10.1. The van der Waals surface area contributed by atoms with Crippen LogP contribution < -0.4 is 14.8 Å². The highest BCUT2D eigenvalue weighted by Crippen LogP contribution is 2.38. The summed E-state index contributed by atoms with van der Waals surface area (Å²) in [4.78, 5) is 12.7. The van der Waals surface area contributed by atoms with Crippen LogP contribution in [0.5, 0.6) is 11.5 Å². The molecule has 226 valence electrons. The number of halogens is 1. The number of benzene rings is 4. The van der Waals surface area contributed by atoms with Crippen LogP contribution >= 0.6 is 11.6 Å². The fourth-order valence-electron chi connectivity index (χ4n) is 4.82. The zero-order valence-electron chi connectivity index (χ0n) is 23.7. The van der Waals surface area contributed by atoms with E-state index >= 15 is 0 Å². The van der Waals surface area contributed by atoms with E-state index in [4.69, 9.17) is 30.5 Å². The van der Waals surface area contributed by atoms with E-state index in [1.165, 1.54) is 0 Å². The van der Waals surface area contributed by atoms with E-state index in [1.807, 2.05) is 60.7 Å². The third-order valence-electron chi connectivity index (χ3n) is 7.17. The molecule has 0 saturated heterocycles. The first-order valence-electron chi connectivity index (χ1n) is 14.0. The van der Waals surface area contributed by atoms with Crippen LogP contribution in [0.25, 0.3) is 11.1 Å². The first kappa shape index (κ1) is 31.0. The molecule has 0 fully saturated rings. The lowest BCUT2D eigenvalue weighted by Crippen LogP contribution is -2.63. The molecule has 1 aliphatic rings. The summed E-state index contributed by atoms with van der Waals surface area (Å²) in [5.74, 6) is -0.103. The molecule has 44 heavy (non-hydrogen) atoms. The molecule has 0 radical (unpaired) electrons. The average molecular weight is 615 g/mol. The van der Waals surface area contributed by atoms with E-state index in [0.29, 0.717) is 46.4 Å². The fourth-order valence-corrected chi connectivity index (χ4v) is 5.11. The maximum Gasteiger partial charge on any atom is 0.354 e. The van der Waals surface area contributed by atoms with Crippen molar-refractivity contribution in [3.8, 4) is 28.7 Å². The molecule has 5 rings (SSSR count). The van der Waals surface area contributed by atoms with E-state index in [9.17, 15) is 20.3 Å². The number of fused-ring (bicyclic) bond motifs is 1. The van der Waals surface area contributed by atoms with Crippen molar-refractivity contribution in [2.24, 2.45) is 0 Å². The molecule has 3 N–H and O–H groups in total. The molecule has 1 aliphatic heterocycles. The number of rotatable bonds is 13. The Kier molecular flexibility index (Phi) is 10.1. The van der Waals surface area contributed by atoms with Gasteiger partial charge in [-0.3, -0.25) is 5.32 Å². The number of hydrogen-bond acceptors (Lipinski definition) is 8. The number of nitrogens with one attached hydrogen (secondary N) is 1. The summed E-state index contributed by atoms with van der Waals surface area (Å²) in [7, 11) is 0. The number of aliphatic hydroxyl groups is 1. The van der Waals surface area contributed by atoms with Crippen LogP contribution in [0.3, 0.4) is 0 Å². The highest BCUT2D eigenvalue weighted by Gasteiger charge is 2.47. The Labute approximate surface area is 260 Å². The molecule has 0 aliphatic carbocycles. The fraction of sp³-hybridized carbons (Fsp3) is 0.235. The minimum absolute atomic E-state index is 0.00683. The van der Waals surface area contributed by atoms with Crippen molar-refractivity contribution >= 4 is 17.6 Å². The smallest absolute Gasteiger partial charge is 0.354 e. The van der Waals surface area contributed by atoms with Crippen molar-refractivity contribution in [2.45, 2.75) is 31.6 Å². The molecule has 4 aromatic carbocycles. The Morgan fingerprint density at radius 3 is 2.48 bits per heavy atom. The van der Waals surface area contributed by atoms with Crippen molar-refractivity contribution in [2.75, 3.05) is 19.8 Å². The van der Waals surface area contributed by atoms with Gasteiger partial charge in [-0.05, 0) is 46.5 Å². The monoisotopic (exact) mass is 614 g/mol. The van der Waals surface area contributed by atoms with E-state index < -0.39 is 17.8 Å². The van der Waals surface area contributed by atoms with Gasteiger partial charge >= 0.3 is 5.97 Å². The minimum Gasteiger partial charge on any atom is -0.486 e. The van der Waals surface area contributed by atoms with Crippen molar-refractivity contribution in [1.29, 1.82) is 5.26 Å². The first-order valence-corrected chi connectivity index (χ1v) is 14.4. The molecule has 4 aromatic rings. The van der Waals surface area contributed by atoms with Crippen LogP contribution in [-0.2, 0) is 34.0 Å². The largest absolute Gasteiger partial charge is 0.486 e. The van der Waals surface area contributed by atoms with E-state index in [2.05, 4.69) is 11.4 Å². The third-order valence-corrected chi connectivity index (χ3v) is 7.62. The number of carboxylic acid groups (broad SMARTS) is 1. The normalized spacial score (nSPS) is 14.3. The summed E-state index contributed by atoms with van der Waals surface area (Å²) in [6.07, 6.45) is -1.62. The molecule has 10 heteroatoms. The second-order valence-corrected chi connectivity index (χ2v) is 10.5. The number of aliphatic carboxylic acids is 1. The SMILES string of the molecule is N#Cc1cccc(COC(NCc2ccccc2)(C(=O)O)C(O)COCc2cccc(-c3ccc4c(c3)OCCO4)c2Cl)c1. The van der Waals surface area contributed by atoms with Gasteiger partial charge in [0.1, 0.15) is 19.3 Å². The van der Waals surface area contributed by atoms with Crippen molar-refractivity contribution in [3.63, 3.8) is 0 Å². The number of ether oxygens (including phenoxy) is 4. The Balaban J connectivity index is 1.31. The zero-order chi connectivity index (χ0) is 30.9. The molecule has 2 unspecified atom stereocenters. The van der Waals surface area contributed by atoms with Gasteiger partial charge in [0.05, 0.1) is 36.5 Å². The van der Waals surface area contributed by atoms with Gasteiger partial charge in [0.25, 0.3) is 0 Å². The molecule has 9 nitrogen and oxygen atoms in total. The summed E-state index contributed by atoms with van der Waals surface area (Å²) in [6, 6.07) is 29.0. The van der Waals surface area contributed by atoms with E-state index in [0.717, 1.165) is 16.7 Å². The van der Waals surface area contributed by atoms with Crippen LogP contribution in [-0.4, -0.2) is 47.8 Å². The number of carboxylic acids is 1. The lowest BCUT2D eigenvalue weighted by atomic mass is 10.0. The number of hydrogen-bond donors (Lipinski definition) is 3. The highest BCUT2D eigenvalue weighted by atomic mass is 35.5. The number of carbonyl (C=O) groups is 1. The van der Waals surface area contributed by atoms with Crippen LogP contribution in [0.1, 0.15) is 22.3 Å². The van der Waals surface area contributed by atoms with Gasteiger partial charge in [-0.1, -0.05) is 78.3 Å². The van der Waals surface area contributed by atoms with Crippen LogP contribution in [0, 0.1) is 11.3 Å². The minimum atomic E-state index is -2.23. The Morgan fingerprint density at radius 1 is 0.955 bits per heavy atom. The molecular formula is C34H31ClN2O7. The van der Waals surface area contributed by atoms with Gasteiger partial charge in [0, 0.05) is 12.1 Å². The predicted molar refractivity (Wildman–Crippen MR) is 163 cm³/mol.